The van der Waals surface area contributed by atoms with Gasteiger partial charge in [-0.25, -0.2) is 4.79 Å². The van der Waals surface area contributed by atoms with Crippen LogP contribution in [0.15, 0.2) is 42.7 Å². The van der Waals surface area contributed by atoms with Gasteiger partial charge in [0.2, 0.25) is 0 Å². The molecule has 4 nitrogen and oxygen atoms in total. The highest BCUT2D eigenvalue weighted by Gasteiger charge is 2.04. The quantitative estimate of drug-likeness (QED) is 0.862. The van der Waals surface area contributed by atoms with E-state index >= 15 is 0 Å². The van der Waals surface area contributed by atoms with Gasteiger partial charge < -0.3 is 9.84 Å². The third-order valence-electron chi connectivity index (χ3n) is 2.94. The summed E-state index contributed by atoms with van der Waals surface area (Å²) in [4.78, 5) is 14.5. The summed E-state index contributed by atoms with van der Waals surface area (Å²) in [6, 6.07) is 7.59. The van der Waals surface area contributed by atoms with E-state index in [0.29, 0.717) is 11.3 Å². The average Bonchev–Trinajstić information content (AvgIpc) is 2.42. The van der Waals surface area contributed by atoms with Crippen molar-refractivity contribution >= 4 is 12.0 Å². The number of nitrogens with zero attached hydrogens (tertiary/aromatic N) is 1. The summed E-state index contributed by atoms with van der Waals surface area (Å²) in [5.74, 6) is 0.350. The third-order valence-corrected chi connectivity index (χ3v) is 2.94. The van der Waals surface area contributed by atoms with Crippen LogP contribution in [0.3, 0.4) is 0 Å². The van der Waals surface area contributed by atoms with Gasteiger partial charge in [-0.1, -0.05) is 12.1 Å². The summed E-state index contributed by atoms with van der Waals surface area (Å²) < 4.78 is 5.79. The van der Waals surface area contributed by atoms with Crippen LogP contribution in [0, 0.1) is 13.8 Å². The van der Waals surface area contributed by atoms with E-state index in [-0.39, 0.29) is 0 Å². The van der Waals surface area contributed by atoms with Crippen molar-refractivity contribution < 1.29 is 14.6 Å². The number of ether oxygens (including phenoxy) is 1. The van der Waals surface area contributed by atoms with Gasteiger partial charge in [0.1, 0.15) is 11.5 Å². The monoisotopic (exact) mass is 269 g/mol. The lowest BCUT2D eigenvalue weighted by atomic mass is 10.1. The number of hydrogen-bond acceptors (Lipinski definition) is 3. The molecular weight excluding hydrogens is 254 g/mol. The van der Waals surface area contributed by atoms with Gasteiger partial charge in [0.15, 0.2) is 0 Å². The Bertz CT molecular complexity index is 663. The van der Waals surface area contributed by atoms with Gasteiger partial charge in [0.25, 0.3) is 0 Å². The van der Waals surface area contributed by atoms with Crippen LogP contribution >= 0.6 is 0 Å². The van der Waals surface area contributed by atoms with Gasteiger partial charge in [0, 0.05) is 12.3 Å². The van der Waals surface area contributed by atoms with Gasteiger partial charge in [-0.3, -0.25) is 4.98 Å². The zero-order valence-electron chi connectivity index (χ0n) is 11.3. The molecule has 0 aliphatic heterocycles. The molecule has 2 rings (SSSR count). The zero-order valence-corrected chi connectivity index (χ0v) is 11.3. The first-order valence-electron chi connectivity index (χ1n) is 6.16. The summed E-state index contributed by atoms with van der Waals surface area (Å²) in [6.07, 6.45) is 5.72. The van der Waals surface area contributed by atoms with Crippen molar-refractivity contribution in [3.63, 3.8) is 0 Å². The predicted molar refractivity (Wildman–Crippen MR) is 76.9 cm³/mol. The number of carboxylic acid groups (broad SMARTS) is 1. The van der Waals surface area contributed by atoms with Gasteiger partial charge in [-0.05, 0) is 48.7 Å². The molecule has 20 heavy (non-hydrogen) atoms. The Morgan fingerprint density at radius 1 is 1.30 bits per heavy atom. The van der Waals surface area contributed by atoms with Crippen molar-refractivity contribution in [2.75, 3.05) is 0 Å². The number of aryl methyl sites for hydroxylation is 1. The number of aromatic nitrogens is 1. The van der Waals surface area contributed by atoms with E-state index in [9.17, 15) is 4.79 Å². The van der Waals surface area contributed by atoms with Crippen molar-refractivity contribution in [2.45, 2.75) is 13.8 Å². The van der Waals surface area contributed by atoms with Crippen molar-refractivity contribution in [1.82, 2.24) is 4.98 Å². The first-order chi connectivity index (χ1) is 9.56. The van der Waals surface area contributed by atoms with Crippen LogP contribution in [0.2, 0.25) is 0 Å². The lowest BCUT2D eigenvalue weighted by molar-refractivity contribution is -0.131. The largest absolute Gasteiger partial charge is 0.478 e. The van der Waals surface area contributed by atoms with Crippen LogP contribution in [-0.2, 0) is 4.79 Å². The Balaban J connectivity index is 2.24. The molecule has 0 aliphatic rings. The minimum atomic E-state index is -0.995. The summed E-state index contributed by atoms with van der Waals surface area (Å²) in [6.45, 7) is 4.01. The molecular formula is C16H15NO3. The van der Waals surface area contributed by atoms with E-state index in [1.54, 1.807) is 18.5 Å². The van der Waals surface area contributed by atoms with Crippen LogP contribution in [0.25, 0.3) is 6.08 Å². The molecule has 1 aromatic carbocycles. The number of rotatable bonds is 4. The number of carbonyl (C=O) groups is 1. The minimum Gasteiger partial charge on any atom is -0.478 e. The topological polar surface area (TPSA) is 59.4 Å². The van der Waals surface area contributed by atoms with Crippen LogP contribution < -0.4 is 4.74 Å². The molecule has 0 radical (unpaired) electrons. The Morgan fingerprint density at radius 2 is 2.10 bits per heavy atom. The molecule has 1 N–H and O–H groups in total. The van der Waals surface area contributed by atoms with E-state index in [1.165, 1.54) is 6.08 Å². The Morgan fingerprint density at radius 3 is 2.85 bits per heavy atom. The Labute approximate surface area is 117 Å². The summed E-state index contributed by atoms with van der Waals surface area (Å²) in [7, 11) is 0. The normalized spacial score (nSPS) is 10.7. The molecule has 0 saturated heterocycles. The van der Waals surface area contributed by atoms with E-state index in [0.717, 1.165) is 23.0 Å². The first kappa shape index (κ1) is 13.8. The van der Waals surface area contributed by atoms with Crippen LogP contribution in [0.1, 0.15) is 16.7 Å². The second-order valence-electron chi connectivity index (χ2n) is 4.43. The second kappa shape index (κ2) is 6.02. The van der Waals surface area contributed by atoms with E-state index in [2.05, 4.69) is 4.98 Å². The van der Waals surface area contributed by atoms with E-state index in [1.807, 2.05) is 32.0 Å². The number of carboxylic acids is 1. The molecule has 2 aromatic rings. The lowest BCUT2D eigenvalue weighted by Gasteiger charge is -2.10. The summed E-state index contributed by atoms with van der Waals surface area (Å²) >= 11 is 0. The molecule has 0 aliphatic carbocycles. The van der Waals surface area contributed by atoms with Crippen molar-refractivity contribution in [3.05, 3.63) is 59.4 Å². The number of aliphatic carboxylic acids is 1. The highest BCUT2D eigenvalue weighted by atomic mass is 16.5. The Kier molecular flexibility index (Phi) is 4.15. The minimum absolute atomic E-state index is 0.575. The molecule has 0 spiro atoms. The predicted octanol–water partition coefficient (Wildman–Crippen LogP) is 3.59. The van der Waals surface area contributed by atoms with E-state index < -0.39 is 5.97 Å². The third kappa shape index (κ3) is 3.45. The summed E-state index contributed by atoms with van der Waals surface area (Å²) in [5.41, 5.74) is 2.89. The fraction of sp³-hybridized carbons (Fsp3) is 0.125. The smallest absolute Gasteiger partial charge is 0.328 e. The van der Waals surface area contributed by atoms with Crippen LogP contribution in [0.5, 0.6) is 11.5 Å². The maximum absolute atomic E-state index is 10.5. The van der Waals surface area contributed by atoms with Gasteiger partial charge in [0.05, 0.1) is 6.20 Å². The van der Waals surface area contributed by atoms with Crippen molar-refractivity contribution in [1.29, 1.82) is 0 Å². The number of pyridine rings is 1. The molecule has 4 heteroatoms. The molecule has 0 atom stereocenters. The van der Waals surface area contributed by atoms with Gasteiger partial charge in [-0.2, -0.15) is 0 Å². The van der Waals surface area contributed by atoms with Gasteiger partial charge >= 0.3 is 5.97 Å². The SMILES string of the molecule is Cc1cccc(Oc2cncc(/C=C/C(=O)O)c2)c1C. The highest BCUT2D eigenvalue weighted by Crippen LogP contribution is 2.26. The fourth-order valence-corrected chi connectivity index (χ4v) is 1.71. The number of hydrogen-bond donors (Lipinski definition) is 1. The molecule has 1 heterocycles. The molecule has 0 amide bonds. The Hall–Kier alpha value is -2.62. The fourth-order valence-electron chi connectivity index (χ4n) is 1.71. The highest BCUT2D eigenvalue weighted by molar-refractivity contribution is 5.85. The molecule has 0 fully saturated rings. The standard InChI is InChI=1S/C16H15NO3/c1-11-4-3-5-15(12(11)2)20-14-8-13(9-17-10-14)6-7-16(18)19/h3-10H,1-2H3,(H,18,19)/b7-6+. The maximum atomic E-state index is 10.5. The molecule has 1 aromatic heterocycles. The maximum Gasteiger partial charge on any atom is 0.328 e. The van der Waals surface area contributed by atoms with Crippen LogP contribution in [0.4, 0.5) is 0 Å². The molecule has 0 bridgehead atoms. The van der Waals surface area contributed by atoms with Crippen LogP contribution in [-0.4, -0.2) is 16.1 Å². The second-order valence-corrected chi connectivity index (χ2v) is 4.43. The lowest BCUT2D eigenvalue weighted by Crippen LogP contribution is -1.91. The number of benzene rings is 1. The summed E-state index contributed by atoms with van der Waals surface area (Å²) in [5, 5.41) is 8.61. The zero-order chi connectivity index (χ0) is 14.5. The van der Waals surface area contributed by atoms with E-state index in [4.69, 9.17) is 9.84 Å². The van der Waals surface area contributed by atoms with Gasteiger partial charge in [-0.15, -0.1) is 0 Å². The molecule has 0 saturated carbocycles. The molecule has 102 valence electrons. The average molecular weight is 269 g/mol. The molecule has 0 unspecified atom stereocenters. The van der Waals surface area contributed by atoms with Crippen molar-refractivity contribution in [2.24, 2.45) is 0 Å². The first-order valence-corrected chi connectivity index (χ1v) is 6.16. The van der Waals surface area contributed by atoms with Crippen molar-refractivity contribution in [3.8, 4) is 11.5 Å².